The third-order valence-corrected chi connectivity index (χ3v) is 5.90. The largest absolute Gasteiger partial charge is 0.481 e. The van der Waals surface area contributed by atoms with Crippen LogP contribution in [0.25, 0.3) is 16.9 Å². The standard InChI is InChI=1S/C21H20FNO4S/c1-13(21(24)25)19-12-20(15-7-9-18(10-8-15)28(3,26)27)23(14(19)2)17-6-4-5-16(22)11-17/h4-13H,1-3H3,(H,24,25). The van der Waals surface area contributed by atoms with Crippen LogP contribution in [0.15, 0.2) is 59.5 Å². The van der Waals surface area contributed by atoms with E-state index in [-0.39, 0.29) is 4.90 Å². The first kappa shape index (κ1) is 19.8. The van der Waals surface area contributed by atoms with Crippen LogP contribution in [-0.2, 0) is 14.6 Å². The zero-order valence-corrected chi connectivity index (χ0v) is 16.5. The normalized spacial score (nSPS) is 12.7. The lowest BCUT2D eigenvalue weighted by atomic mass is 10.0. The minimum atomic E-state index is -3.33. The molecule has 3 aromatic rings. The molecule has 1 aromatic heterocycles. The van der Waals surface area contributed by atoms with E-state index >= 15 is 0 Å². The van der Waals surface area contributed by atoms with Gasteiger partial charge in [0.2, 0.25) is 0 Å². The molecule has 3 rings (SSSR count). The Kier molecular flexibility index (Phi) is 5.12. The molecule has 0 saturated carbocycles. The molecule has 1 N–H and O–H groups in total. The van der Waals surface area contributed by atoms with Crippen molar-refractivity contribution < 1.29 is 22.7 Å². The molecule has 0 aliphatic heterocycles. The summed E-state index contributed by atoms with van der Waals surface area (Å²) in [6, 6.07) is 14.1. The lowest BCUT2D eigenvalue weighted by molar-refractivity contribution is -0.138. The van der Waals surface area contributed by atoms with Gasteiger partial charge in [0.25, 0.3) is 0 Å². The van der Waals surface area contributed by atoms with Crippen molar-refractivity contribution in [3.8, 4) is 16.9 Å². The molecule has 1 unspecified atom stereocenters. The minimum Gasteiger partial charge on any atom is -0.481 e. The Hall–Kier alpha value is -2.93. The predicted molar refractivity (Wildman–Crippen MR) is 105 cm³/mol. The summed E-state index contributed by atoms with van der Waals surface area (Å²) >= 11 is 0. The predicted octanol–water partition coefficient (Wildman–Crippen LogP) is 4.18. The molecule has 5 nitrogen and oxygen atoms in total. The van der Waals surface area contributed by atoms with Crippen LogP contribution in [0.3, 0.4) is 0 Å². The third-order valence-electron chi connectivity index (χ3n) is 4.77. The van der Waals surface area contributed by atoms with E-state index in [4.69, 9.17) is 0 Å². The highest BCUT2D eigenvalue weighted by Crippen LogP contribution is 2.33. The van der Waals surface area contributed by atoms with Gasteiger partial charge in [0.1, 0.15) is 5.82 Å². The molecule has 2 aromatic carbocycles. The van der Waals surface area contributed by atoms with Gasteiger partial charge in [0, 0.05) is 17.6 Å². The number of rotatable bonds is 5. The fourth-order valence-corrected chi connectivity index (χ4v) is 3.86. The molecule has 1 heterocycles. The Morgan fingerprint density at radius 2 is 1.75 bits per heavy atom. The summed E-state index contributed by atoms with van der Waals surface area (Å²) < 4.78 is 39.0. The Balaban J connectivity index is 2.24. The van der Waals surface area contributed by atoms with Crippen LogP contribution in [0, 0.1) is 12.7 Å². The van der Waals surface area contributed by atoms with Crippen molar-refractivity contribution in [3.05, 3.63) is 71.7 Å². The minimum absolute atomic E-state index is 0.191. The van der Waals surface area contributed by atoms with Gasteiger partial charge >= 0.3 is 5.97 Å². The summed E-state index contributed by atoms with van der Waals surface area (Å²) in [7, 11) is -3.33. The van der Waals surface area contributed by atoms with Crippen molar-refractivity contribution in [1.29, 1.82) is 0 Å². The van der Waals surface area contributed by atoms with Crippen LogP contribution in [-0.4, -0.2) is 30.3 Å². The molecular formula is C21H20FNO4S. The maximum absolute atomic E-state index is 13.8. The van der Waals surface area contributed by atoms with Gasteiger partial charge in [-0.15, -0.1) is 0 Å². The lowest BCUT2D eigenvalue weighted by Crippen LogP contribution is -2.08. The first-order valence-corrected chi connectivity index (χ1v) is 10.5. The number of hydrogen-bond acceptors (Lipinski definition) is 3. The second-order valence-electron chi connectivity index (χ2n) is 6.74. The van der Waals surface area contributed by atoms with E-state index in [2.05, 4.69) is 0 Å². The van der Waals surface area contributed by atoms with Gasteiger partial charge in [-0.3, -0.25) is 4.79 Å². The summed E-state index contributed by atoms with van der Waals surface area (Å²) in [5, 5.41) is 9.44. The average Bonchev–Trinajstić information content (AvgIpc) is 2.97. The highest BCUT2D eigenvalue weighted by molar-refractivity contribution is 7.90. The summed E-state index contributed by atoms with van der Waals surface area (Å²) in [4.78, 5) is 11.7. The number of carboxylic acid groups (broad SMARTS) is 1. The molecule has 0 bridgehead atoms. The second kappa shape index (κ2) is 7.24. The van der Waals surface area contributed by atoms with Gasteiger partial charge in [-0.2, -0.15) is 0 Å². The average molecular weight is 401 g/mol. The van der Waals surface area contributed by atoms with Crippen LogP contribution in [0.2, 0.25) is 0 Å². The molecule has 146 valence electrons. The van der Waals surface area contributed by atoms with Crippen LogP contribution in [0.1, 0.15) is 24.1 Å². The van der Waals surface area contributed by atoms with E-state index < -0.39 is 27.5 Å². The van der Waals surface area contributed by atoms with E-state index in [0.717, 1.165) is 6.26 Å². The summed E-state index contributed by atoms with van der Waals surface area (Å²) in [6.45, 7) is 3.38. The summed E-state index contributed by atoms with van der Waals surface area (Å²) in [6.07, 6.45) is 1.13. The first-order valence-electron chi connectivity index (χ1n) is 8.61. The molecule has 0 spiro atoms. The Morgan fingerprint density at radius 1 is 1.11 bits per heavy atom. The highest BCUT2D eigenvalue weighted by Gasteiger charge is 2.23. The molecule has 0 radical (unpaired) electrons. The zero-order chi connectivity index (χ0) is 20.6. The Labute approximate surface area is 163 Å². The zero-order valence-electron chi connectivity index (χ0n) is 15.7. The van der Waals surface area contributed by atoms with Crippen molar-refractivity contribution in [2.45, 2.75) is 24.7 Å². The Bertz CT molecular complexity index is 1150. The first-order chi connectivity index (χ1) is 13.1. The molecule has 0 fully saturated rings. The monoisotopic (exact) mass is 401 g/mol. The second-order valence-corrected chi connectivity index (χ2v) is 8.76. The summed E-state index contributed by atoms with van der Waals surface area (Å²) in [5.41, 5.74) is 3.21. The molecule has 0 saturated heterocycles. The van der Waals surface area contributed by atoms with Crippen molar-refractivity contribution in [3.63, 3.8) is 0 Å². The lowest BCUT2D eigenvalue weighted by Gasteiger charge is -2.13. The number of nitrogens with zero attached hydrogens (tertiary/aromatic N) is 1. The maximum Gasteiger partial charge on any atom is 0.310 e. The smallest absolute Gasteiger partial charge is 0.310 e. The SMILES string of the molecule is Cc1c(C(C)C(=O)O)cc(-c2ccc(S(C)(=O)=O)cc2)n1-c1cccc(F)c1. The van der Waals surface area contributed by atoms with Gasteiger partial charge in [-0.05, 0) is 61.4 Å². The molecule has 0 amide bonds. The number of aromatic nitrogens is 1. The number of carbonyl (C=O) groups is 1. The van der Waals surface area contributed by atoms with E-state index in [9.17, 15) is 22.7 Å². The van der Waals surface area contributed by atoms with Crippen molar-refractivity contribution in [2.24, 2.45) is 0 Å². The van der Waals surface area contributed by atoms with Crippen molar-refractivity contribution in [1.82, 2.24) is 4.57 Å². The van der Waals surface area contributed by atoms with Gasteiger partial charge in [-0.25, -0.2) is 12.8 Å². The number of aliphatic carboxylic acids is 1. The third kappa shape index (κ3) is 3.71. The van der Waals surface area contributed by atoms with Gasteiger partial charge in [0.15, 0.2) is 9.84 Å². The van der Waals surface area contributed by atoms with Crippen LogP contribution in [0.5, 0.6) is 0 Å². The molecule has 7 heteroatoms. The fourth-order valence-electron chi connectivity index (χ4n) is 3.23. The van der Waals surface area contributed by atoms with Crippen LogP contribution < -0.4 is 0 Å². The quantitative estimate of drug-likeness (QED) is 0.696. The maximum atomic E-state index is 13.8. The number of hydrogen-bond donors (Lipinski definition) is 1. The number of benzene rings is 2. The topological polar surface area (TPSA) is 76.4 Å². The van der Waals surface area contributed by atoms with E-state index in [1.54, 1.807) is 48.7 Å². The number of sulfone groups is 1. The molecular weight excluding hydrogens is 381 g/mol. The molecule has 1 atom stereocenters. The van der Waals surface area contributed by atoms with Gasteiger partial charge in [-0.1, -0.05) is 18.2 Å². The molecule has 0 aliphatic carbocycles. The van der Waals surface area contributed by atoms with Gasteiger partial charge in [0.05, 0.1) is 16.5 Å². The van der Waals surface area contributed by atoms with Gasteiger partial charge < -0.3 is 9.67 Å². The van der Waals surface area contributed by atoms with Crippen LogP contribution >= 0.6 is 0 Å². The molecule has 0 aliphatic rings. The van der Waals surface area contributed by atoms with E-state index in [1.165, 1.54) is 24.3 Å². The van der Waals surface area contributed by atoms with Crippen molar-refractivity contribution in [2.75, 3.05) is 6.26 Å². The van der Waals surface area contributed by atoms with E-state index in [0.29, 0.717) is 28.2 Å². The Morgan fingerprint density at radius 3 is 2.29 bits per heavy atom. The number of carboxylic acids is 1. The van der Waals surface area contributed by atoms with Crippen LogP contribution in [0.4, 0.5) is 4.39 Å². The van der Waals surface area contributed by atoms with Crippen molar-refractivity contribution >= 4 is 15.8 Å². The number of halogens is 1. The highest BCUT2D eigenvalue weighted by atomic mass is 32.2. The fraction of sp³-hybridized carbons (Fsp3) is 0.190. The molecule has 28 heavy (non-hydrogen) atoms. The van der Waals surface area contributed by atoms with E-state index in [1.807, 2.05) is 0 Å². The summed E-state index contributed by atoms with van der Waals surface area (Å²) in [5.74, 6) is -2.11.